The molecule has 0 unspecified atom stereocenters. The minimum absolute atomic E-state index is 0.00489. The van der Waals surface area contributed by atoms with E-state index in [0.29, 0.717) is 17.8 Å². The van der Waals surface area contributed by atoms with Crippen LogP contribution in [0.1, 0.15) is 44.1 Å². The minimum Gasteiger partial charge on any atom is -0.493 e. The van der Waals surface area contributed by atoms with Crippen LogP contribution in [-0.4, -0.2) is 63.0 Å². The maximum Gasteiger partial charge on any atom is 0.319 e. The van der Waals surface area contributed by atoms with Gasteiger partial charge in [0.25, 0.3) is 0 Å². The van der Waals surface area contributed by atoms with E-state index in [2.05, 4.69) is 27.7 Å². The number of hydrogen-bond acceptors (Lipinski definition) is 5. The van der Waals surface area contributed by atoms with Gasteiger partial charge in [-0.25, -0.2) is 9.18 Å². The van der Waals surface area contributed by atoms with Gasteiger partial charge in [-0.05, 0) is 81.0 Å². The van der Waals surface area contributed by atoms with E-state index in [9.17, 15) is 9.18 Å². The summed E-state index contributed by atoms with van der Waals surface area (Å²) in [6, 6.07) is 12.8. The first-order valence-electron chi connectivity index (χ1n) is 12.9. The predicted molar refractivity (Wildman–Crippen MR) is 136 cm³/mol. The summed E-state index contributed by atoms with van der Waals surface area (Å²) in [7, 11) is 3.34. The number of amides is 2. The minimum atomic E-state index is -0.372. The number of nitrogens with one attached hydrogen (secondary N) is 2. The van der Waals surface area contributed by atoms with Gasteiger partial charge in [-0.15, -0.1) is 0 Å². The van der Waals surface area contributed by atoms with Gasteiger partial charge in [-0.1, -0.05) is 12.1 Å². The van der Waals surface area contributed by atoms with Gasteiger partial charge >= 0.3 is 6.03 Å². The van der Waals surface area contributed by atoms with E-state index >= 15 is 0 Å². The van der Waals surface area contributed by atoms with Crippen molar-refractivity contribution in [3.05, 3.63) is 53.8 Å². The molecule has 194 valence electrons. The van der Waals surface area contributed by atoms with Crippen molar-refractivity contribution in [1.82, 2.24) is 10.2 Å². The van der Waals surface area contributed by atoms with Crippen LogP contribution in [0.4, 0.5) is 14.9 Å². The van der Waals surface area contributed by atoms with Crippen molar-refractivity contribution < 1.29 is 23.4 Å². The Morgan fingerprint density at radius 2 is 1.86 bits per heavy atom. The van der Waals surface area contributed by atoms with Gasteiger partial charge < -0.3 is 24.8 Å². The molecule has 5 rings (SSSR count). The van der Waals surface area contributed by atoms with Crippen LogP contribution in [0.5, 0.6) is 11.5 Å². The second-order valence-electron chi connectivity index (χ2n) is 10.2. The Morgan fingerprint density at radius 3 is 2.61 bits per heavy atom. The molecule has 36 heavy (non-hydrogen) atoms. The second kappa shape index (κ2) is 10.6. The van der Waals surface area contributed by atoms with Crippen LogP contribution in [0, 0.1) is 5.82 Å². The number of ether oxygens (including phenoxy) is 3. The molecule has 2 aliphatic heterocycles. The lowest BCUT2D eigenvalue weighted by Gasteiger charge is -2.47. The molecular formula is C28H36FN3O4. The lowest BCUT2D eigenvalue weighted by atomic mass is 9.65. The van der Waals surface area contributed by atoms with E-state index in [0.717, 1.165) is 69.8 Å². The molecule has 0 aromatic heterocycles. The van der Waals surface area contributed by atoms with E-state index < -0.39 is 0 Å². The molecule has 3 fully saturated rings. The summed E-state index contributed by atoms with van der Waals surface area (Å²) < 4.78 is 30.3. The zero-order chi connectivity index (χ0) is 25.1. The van der Waals surface area contributed by atoms with Gasteiger partial charge in [-0.2, -0.15) is 0 Å². The van der Waals surface area contributed by atoms with Crippen LogP contribution >= 0.6 is 0 Å². The molecule has 2 N–H and O–H groups in total. The van der Waals surface area contributed by atoms with E-state index in [-0.39, 0.29) is 23.3 Å². The number of carbonyl (C=O) groups is 1. The topological polar surface area (TPSA) is 72.1 Å². The Hall–Kier alpha value is -2.84. The number of benzene rings is 2. The largest absolute Gasteiger partial charge is 0.493 e. The van der Waals surface area contributed by atoms with E-state index in [1.807, 2.05) is 6.07 Å². The number of urea groups is 1. The summed E-state index contributed by atoms with van der Waals surface area (Å²) in [5.74, 6) is 1.11. The van der Waals surface area contributed by atoms with Crippen molar-refractivity contribution in [3.8, 4) is 11.5 Å². The molecule has 7 nitrogen and oxygen atoms in total. The van der Waals surface area contributed by atoms with E-state index in [4.69, 9.17) is 14.2 Å². The lowest BCUT2D eigenvalue weighted by molar-refractivity contribution is 0.0143. The van der Waals surface area contributed by atoms with Gasteiger partial charge in [0.15, 0.2) is 11.5 Å². The third-order valence-corrected chi connectivity index (χ3v) is 8.34. The zero-order valence-electron chi connectivity index (χ0n) is 21.1. The Labute approximate surface area is 212 Å². The molecule has 2 saturated heterocycles. The van der Waals surface area contributed by atoms with Crippen molar-refractivity contribution in [3.63, 3.8) is 0 Å². The number of nitrogens with zero attached hydrogens (tertiary/aromatic N) is 1. The molecule has 3 aliphatic rings. The first-order chi connectivity index (χ1) is 17.5. The van der Waals surface area contributed by atoms with Gasteiger partial charge in [0.2, 0.25) is 0 Å². The van der Waals surface area contributed by atoms with Crippen molar-refractivity contribution >= 4 is 11.7 Å². The number of fused-ring (bicyclic) bond motifs is 1. The smallest absolute Gasteiger partial charge is 0.319 e. The molecule has 2 aromatic rings. The number of hydrogen-bond donors (Lipinski definition) is 2. The van der Waals surface area contributed by atoms with Crippen molar-refractivity contribution in [2.75, 3.05) is 39.3 Å². The summed E-state index contributed by atoms with van der Waals surface area (Å²) in [6.45, 7) is 2.63. The maximum absolute atomic E-state index is 13.5. The molecule has 2 aromatic carbocycles. The maximum atomic E-state index is 13.5. The normalized spacial score (nSPS) is 26.8. The Kier molecular flexibility index (Phi) is 7.34. The lowest BCUT2D eigenvalue weighted by Crippen LogP contribution is -2.55. The fourth-order valence-corrected chi connectivity index (χ4v) is 6.57. The van der Waals surface area contributed by atoms with Crippen LogP contribution in [0.25, 0.3) is 0 Å². The number of likely N-dealkylation sites (tertiary alicyclic amines) is 1. The molecule has 8 heteroatoms. The molecule has 2 heterocycles. The molecule has 0 radical (unpaired) electrons. The SMILES string of the molecule is COc1ccc([C@@]23CC[C@H](NC(=O)Nc4cccc(F)c4)C[C@H]2N(C2CCOCC2)CC3)cc1OC. The molecule has 1 aliphatic carbocycles. The Balaban J connectivity index is 1.37. The highest BCUT2D eigenvalue weighted by Gasteiger charge is 2.53. The number of methoxy groups -OCH3 is 2. The van der Waals surface area contributed by atoms with Crippen molar-refractivity contribution in [1.29, 1.82) is 0 Å². The molecule has 2 amide bonds. The summed E-state index contributed by atoms with van der Waals surface area (Å²) >= 11 is 0. The predicted octanol–water partition coefficient (Wildman–Crippen LogP) is 4.71. The molecule has 0 spiro atoms. The average molecular weight is 498 g/mol. The fourth-order valence-electron chi connectivity index (χ4n) is 6.57. The third-order valence-electron chi connectivity index (χ3n) is 8.34. The first-order valence-corrected chi connectivity index (χ1v) is 12.9. The molecule has 0 bridgehead atoms. The van der Waals surface area contributed by atoms with E-state index in [1.165, 1.54) is 17.7 Å². The summed E-state index contributed by atoms with van der Waals surface area (Å²) in [4.78, 5) is 15.4. The Bertz CT molecular complexity index is 1080. The van der Waals surface area contributed by atoms with Crippen LogP contribution < -0.4 is 20.1 Å². The standard InChI is InChI=1S/C28H36FN3O4/c1-34-24-7-6-19(16-25(24)35-2)28-11-8-22(31-27(33)30-21-5-3-4-20(29)17-21)18-26(28)32(13-12-28)23-9-14-36-15-10-23/h3-7,16-17,22-23,26H,8-15,18H2,1-2H3,(H2,30,31,33)/t22-,26+,28-/m0/s1. The summed E-state index contributed by atoms with van der Waals surface area (Å²) in [5, 5.41) is 5.95. The van der Waals surface area contributed by atoms with E-state index in [1.54, 1.807) is 26.4 Å². The van der Waals surface area contributed by atoms with Crippen LogP contribution in [-0.2, 0) is 10.2 Å². The first kappa shape index (κ1) is 24.8. The quantitative estimate of drug-likeness (QED) is 0.605. The molecular weight excluding hydrogens is 461 g/mol. The Morgan fingerprint density at radius 1 is 1.06 bits per heavy atom. The van der Waals surface area contributed by atoms with Crippen LogP contribution in [0.15, 0.2) is 42.5 Å². The summed E-state index contributed by atoms with van der Waals surface area (Å²) in [5.41, 5.74) is 1.73. The highest BCUT2D eigenvalue weighted by Crippen LogP contribution is 2.51. The molecule has 3 atom stereocenters. The van der Waals surface area contributed by atoms with Gasteiger partial charge in [0, 0.05) is 42.4 Å². The number of rotatable bonds is 6. The number of carbonyl (C=O) groups excluding carboxylic acids is 1. The van der Waals surface area contributed by atoms with Gasteiger partial charge in [0.1, 0.15) is 5.82 Å². The third kappa shape index (κ3) is 4.89. The highest BCUT2D eigenvalue weighted by molar-refractivity contribution is 5.89. The zero-order valence-corrected chi connectivity index (χ0v) is 21.1. The monoisotopic (exact) mass is 497 g/mol. The summed E-state index contributed by atoms with van der Waals surface area (Å²) in [6.07, 6.45) is 5.86. The van der Waals surface area contributed by atoms with Crippen molar-refractivity contribution in [2.24, 2.45) is 0 Å². The second-order valence-corrected chi connectivity index (χ2v) is 10.2. The fraction of sp³-hybridized carbons (Fsp3) is 0.536. The number of anilines is 1. The highest BCUT2D eigenvalue weighted by atomic mass is 19.1. The van der Waals surface area contributed by atoms with Crippen LogP contribution in [0.3, 0.4) is 0 Å². The van der Waals surface area contributed by atoms with Crippen LogP contribution in [0.2, 0.25) is 0 Å². The van der Waals surface area contributed by atoms with Crippen molar-refractivity contribution in [2.45, 2.75) is 62.1 Å². The van der Waals surface area contributed by atoms with Gasteiger partial charge in [0.05, 0.1) is 14.2 Å². The van der Waals surface area contributed by atoms with Gasteiger partial charge in [-0.3, -0.25) is 4.90 Å². The molecule has 1 saturated carbocycles. The number of halogens is 1. The average Bonchev–Trinajstić information content (AvgIpc) is 3.28.